The molecule has 0 fully saturated rings. The lowest BCUT2D eigenvalue weighted by atomic mass is 10.2. The maximum atomic E-state index is 12.4. The van der Waals surface area contributed by atoms with Gasteiger partial charge in [-0.25, -0.2) is 4.98 Å². The number of hydrogen-bond donors (Lipinski definition) is 1. The normalized spacial score (nSPS) is 10.4. The molecule has 0 aliphatic carbocycles. The highest BCUT2D eigenvalue weighted by Crippen LogP contribution is 2.24. The number of carbonyl (C=O) groups excluding carboxylic acids is 2. The van der Waals surface area contributed by atoms with Crippen LogP contribution in [0.1, 0.15) is 25.7 Å². The molecule has 120 valence electrons. The predicted molar refractivity (Wildman–Crippen MR) is 91.2 cm³/mol. The molecule has 0 atom stereocenters. The van der Waals surface area contributed by atoms with Gasteiger partial charge in [0.25, 0.3) is 5.91 Å². The Morgan fingerprint density at radius 3 is 2.54 bits per heavy atom. The molecule has 0 saturated heterocycles. The van der Waals surface area contributed by atoms with Crippen molar-refractivity contribution >= 4 is 34.0 Å². The first-order valence-corrected chi connectivity index (χ1v) is 7.81. The molecule has 1 aromatic carbocycles. The average molecular weight is 339 g/mol. The summed E-state index contributed by atoms with van der Waals surface area (Å²) in [6.45, 7) is 0. The van der Waals surface area contributed by atoms with Crippen LogP contribution in [-0.2, 0) is 0 Å². The van der Waals surface area contributed by atoms with E-state index in [1.54, 1.807) is 43.4 Å². The van der Waals surface area contributed by atoms with Gasteiger partial charge < -0.3 is 5.73 Å². The number of hydrogen-bond acceptors (Lipinski definition) is 7. The molecular weight excluding hydrogens is 326 g/mol. The molecule has 8 heteroatoms. The molecule has 0 saturated carbocycles. The summed E-state index contributed by atoms with van der Waals surface area (Å²) in [6, 6.07) is 12.0. The fraction of sp³-hybridized carbons (Fsp3) is 0.0625. The van der Waals surface area contributed by atoms with Crippen molar-refractivity contribution in [1.29, 1.82) is 0 Å². The smallest absolute Gasteiger partial charge is 0.259 e. The number of amides is 1. The molecule has 3 rings (SSSR count). The van der Waals surface area contributed by atoms with Gasteiger partial charge in [0.2, 0.25) is 10.9 Å². The summed E-state index contributed by atoms with van der Waals surface area (Å²) < 4.78 is 0. The summed E-state index contributed by atoms with van der Waals surface area (Å²) in [5, 5.41) is 8.28. The van der Waals surface area contributed by atoms with Gasteiger partial charge in [0.15, 0.2) is 5.01 Å². The third-order valence-corrected chi connectivity index (χ3v) is 4.30. The van der Waals surface area contributed by atoms with Crippen molar-refractivity contribution in [3.63, 3.8) is 0 Å². The highest BCUT2D eigenvalue weighted by molar-refractivity contribution is 7.17. The monoisotopic (exact) mass is 339 g/mol. The number of aromatic nitrogens is 3. The molecule has 0 bridgehead atoms. The van der Waals surface area contributed by atoms with Gasteiger partial charge in [0, 0.05) is 18.8 Å². The van der Waals surface area contributed by atoms with Gasteiger partial charge in [0.05, 0.1) is 5.56 Å². The van der Waals surface area contributed by atoms with Crippen LogP contribution in [0.3, 0.4) is 0 Å². The van der Waals surface area contributed by atoms with Crippen LogP contribution < -0.4 is 10.6 Å². The van der Waals surface area contributed by atoms with Gasteiger partial charge in [-0.2, -0.15) is 0 Å². The van der Waals surface area contributed by atoms with Crippen LogP contribution in [0, 0.1) is 0 Å². The first kappa shape index (κ1) is 15.8. The zero-order valence-corrected chi connectivity index (χ0v) is 13.5. The van der Waals surface area contributed by atoms with Crippen LogP contribution in [0.4, 0.5) is 10.9 Å². The molecule has 2 heterocycles. The molecule has 0 aliphatic heterocycles. The Hall–Kier alpha value is -3.13. The Balaban J connectivity index is 1.84. The van der Waals surface area contributed by atoms with Crippen LogP contribution in [0.5, 0.6) is 0 Å². The summed E-state index contributed by atoms with van der Waals surface area (Å²) >= 11 is 1.03. The molecule has 0 unspecified atom stereocenters. The second-order valence-electron chi connectivity index (χ2n) is 4.89. The fourth-order valence-corrected chi connectivity index (χ4v) is 2.79. The van der Waals surface area contributed by atoms with Crippen LogP contribution >= 0.6 is 11.3 Å². The highest BCUT2D eigenvalue weighted by atomic mass is 32.1. The van der Waals surface area contributed by atoms with Crippen molar-refractivity contribution in [3.05, 3.63) is 64.8 Å². The van der Waals surface area contributed by atoms with Gasteiger partial charge in [-0.15, -0.1) is 10.2 Å². The minimum absolute atomic E-state index is 0.132. The largest absolute Gasteiger partial charge is 0.383 e. The SMILES string of the molecule is CN(C(=O)c1ccccc1)c1nnc(C(=O)c2cccnc2N)s1. The number of nitrogen functional groups attached to an aromatic ring is 1. The van der Waals surface area contributed by atoms with Crippen molar-refractivity contribution in [2.24, 2.45) is 0 Å². The Kier molecular flexibility index (Phi) is 4.30. The standard InChI is InChI=1S/C16H13N5O2S/c1-21(15(23)10-6-3-2-4-7-10)16-20-19-14(24-16)12(22)11-8-5-9-18-13(11)17/h2-9H,1H3,(H2,17,18). The Morgan fingerprint density at radius 2 is 1.83 bits per heavy atom. The predicted octanol–water partition coefficient (Wildman–Crippen LogP) is 2.02. The van der Waals surface area contributed by atoms with Crippen LogP contribution in [-0.4, -0.2) is 33.9 Å². The Labute approximate surface area is 141 Å². The lowest BCUT2D eigenvalue weighted by Crippen LogP contribution is -2.25. The number of pyridine rings is 1. The van der Waals surface area contributed by atoms with E-state index in [9.17, 15) is 9.59 Å². The van der Waals surface area contributed by atoms with Crippen LogP contribution in [0.25, 0.3) is 0 Å². The zero-order chi connectivity index (χ0) is 17.1. The summed E-state index contributed by atoms with van der Waals surface area (Å²) in [5.41, 5.74) is 6.50. The topological polar surface area (TPSA) is 102 Å². The van der Waals surface area contributed by atoms with Crippen molar-refractivity contribution in [1.82, 2.24) is 15.2 Å². The number of nitrogens with two attached hydrogens (primary N) is 1. The molecule has 7 nitrogen and oxygen atoms in total. The van der Waals surface area contributed by atoms with E-state index in [-0.39, 0.29) is 28.1 Å². The average Bonchev–Trinajstić information content (AvgIpc) is 3.11. The molecule has 0 spiro atoms. The van der Waals surface area contributed by atoms with E-state index in [0.29, 0.717) is 10.7 Å². The molecule has 0 radical (unpaired) electrons. The number of ketones is 1. The van der Waals surface area contributed by atoms with E-state index < -0.39 is 0 Å². The second-order valence-corrected chi connectivity index (χ2v) is 5.84. The van der Waals surface area contributed by atoms with Crippen molar-refractivity contribution in [3.8, 4) is 0 Å². The number of anilines is 2. The van der Waals surface area contributed by atoms with Crippen molar-refractivity contribution in [2.45, 2.75) is 0 Å². The molecule has 24 heavy (non-hydrogen) atoms. The third-order valence-electron chi connectivity index (χ3n) is 3.30. The van der Waals surface area contributed by atoms with E-state index in [1.807, 2.05) is 6.07 Å². The molecule has 3 aromatic rings. The van der Waals surface area contributed by atoms with E-state index in [2.05, 4.69) is 15.2 Å². The van der Waals surface area contributed by atoms with E-state index in [0.717, 1.165) is 11.3 Å². The maximum Gasteiger partial charge on any atom is 0.259 e. The van der Waals surface area contributed by atoms with Gasteiger partial charge in [0.1, 0.15) is 5.82 Å². The van der Waals surface area contributed by atoms with E-state index >= 15 is 0 Å². The molecule has 1 amide bonds. The Morgan fingerprint density at radius 1 is 1.08 bits per heavy atom. The zero-order valence-electron chi connectivity index (χ0n) is 12.7. The summed E-state index contributed by atoms with van der Waals surface area (Å²) in [5.74, 6) is -0.468. The lowest BCUT2D eigenvalue weighted by Gasteiger charge is -2.12. The van der Waals surface area contributed by atoms with Gasteiger partial charge >= 0.3 is 0 Å². The number of nitrogens with zero attached hydrogens (tertiary/aromatic N) is 4. The minimum Gasteiger partial charge on any atom is -0.383 e. The number of benzene rings is 1. The third kappa shape index (κ3) is 2.99. The van der Waals surface area contributed by atoms with Crippen molar-refractivity contribution < 1.29 is 9.59 Å². The summed E-state index contributed by atoms with van der Waals surface area (Å²) in [6.07, 6.45) is 1.50. The van der Waals surface area contributed by atoms with Gasteiger partial charge in [-0.3, -0.25) is 14.5 Å². The van der Waals surface area contributed by atoms with E-state index in [4.69, 9.17) is 5.73 Å². The first-order valence-electron chi connectivity index (χ1n) is 6.99. The summed E-state index contributed by atoms with van der Waals surface area (Å²) in [7, 11) is 1.59. The highest BCUT2D eigenvalue weighted by Gasteiger charge is 2.22. The van der Waals surface area contributed by atoms with Crippen LogP contribution in [0.2, 0.25) is 0 Å². The number of carbonyl (C=O) groups is 2. The van der Waals surface area contributed by atoms with E-state index in [1.165, 1.54) is 11.1 Å². The summed E-state index contributed by atoms with van der Waals surface area (Å²) in [4.78, 5) is 30.1. The molecular formula is C16H13N5O2S. The number of rotatable bonds is 4. The first-order chi connectivity index (χ1) is 11.6. The second kappa shape index (κ2) is 6.55. The maximum absolute atomic E-state index is 12.4. The molecule has 0 aliphatic rings. The lowest BCUT2D eigenvalue weighted by molar-refractivity contribution is 0.0991. The van der Waals surface area contributed by atoms with Crippen LogP contribution in [0.15, 0.2) is 48.7 Å². The minimum atomic E-state index is -0.370. The molecule has 2 aromatic heterocycles. The molecule has 2 N–H and O–H groups in total. The Bertz CT molecular complexity index is 894. The van der Waals surface area contributed by atoms with Crippen molar-refractivity contribution in [2.75, 3.05) is 17.7 Å². The fourth-order valence-electron chi connectivity index (χ4n) is 2.03. The van der Waals surface area contributed by atoms with Gasteiger partial charge in [-0.1, -0.05) is 29.5 Å². The van der Waals surface area contributed by atoms with Gasteiger partial charge in [-0.05, 0) is 24.3 Å². The quantitative estimate of drug-likeness (QED) is 0.730.